The van der Waals surface area contributed by atoms with Crippen LogP contribution in [0.3, 0.4) is 0 Å². The lowest BCUT2D eigenvalue weighted by Crippen LogP contribution is -2.46. The van der Waals surface area contributed by atoms with Crippen LogP contribution in [0.15, 0.2) is 18.2 Å². The molecule has 3 rings (SSSR count). The number of hydrogen-bond acceptors (Lipinski definition) is 5. The molecule has 1 aromatic carbocycles. The van der Waals surface area contributed by atoms with Gasteiger partial charge in [0, 0.05) is 50.3 Å². The second-order valence-electron chi connectivity index (χ2n) is 7.26. The third kappa shape index (κ3) is 4.35. The molecule has 0 spiro atoms. The van der Waals surface area contributed by atoms with Crippen LogP contribution in [0.4, 0.5) is 0 Å². The fraction of sp³-hybridized carbons (Fsp3) is 0.600. The summed E-state index contributed by atoms with van der Waals surface area (Å²) in [5, 5.41) is 3.30. The number of carbonyl (C=O) groups is 2. The Balaban J connectivity index is 1.60. The number of likely N-dealkylation sites (tertiary alicyclic amines) is 1. The number of hydrogen-bond donors (Lipinski definition) is 1. The lowest BCUT2D eigenvalue weighted by atomic mass is 9.94. The van der Waals surface area contributed by atoms with E-state index in [1.165, 1.54) is 0 Å². The summed E-state index contributed by atoms with van der Waals surface area (Å²) in [6, 6.07) is 5.49. The summed E-state index contributed by atoms with van der Waals surface area (Å²) in [4.78, 5) is 29.3. The number of ether oxygens (including phenoxy) is 2. The zero-order valence-electron chi connectivity index (χ0n) is 16.4. The second-order valence-corrected chi connectivity index (χ2v) is 7.26. The molecule has 2 aliphatic heterocycles. The highest BCUT2D eigenvalue weighted by Gasteiger charge is 2.32. The largest absolute Gasteiger partial charge is 0.497 e. The Labute approximate surface area is 160 Å². The number of likely N-dealkylation sites (N-methyl/N-ethyl adjacent to an activating group) is 1. The average molecular weight is 375 g/mol. The van der Waals surface area contributed by atoms with Crippen molar-refractivity contribution in [3.63, 3.8) is 0 Å². The molecule has 1 unspecified atom stereocenters. The number of nitrogens with zero attached hydrogens (tertiary/aromatic N) is 2. The van der Waals surface area contributed by atoms with Crippen LogP contribution in [0.25, 0.3) is 0 Å². The van der Waals surface area contributed by atoms with Gasteiger partial charge in [0.05, 0.1) is 14.2 Å². The smallest absolute Gasteiger partial charge is 0.254 e. The SMILES string of the molecule is COc1cc(OC)cc(C(=O)N2CCC(C(=O)N(C)C3CCNC3)CC2)c1. The highest BCUT2D eigenvalue weighted by atomic mass is 16.5. The molecule has 2 heterocycles. The lowest BCUT2D eigenvalue weighted by Gasteiger charge is -2.35. The number of carbonyl (C=O) groups excluding carboxylic acids is 2. The topological polar surface area (TPSA) is 71.1 Å². The molecule has 27 heavy (non-hydrogen) atoms. The maximum atomic E-state index is 12.9. The molecule has 1 atom stereocenters. The second kappa shape index (κ2) is 8.61. The van der Waals surface area contributed by atoms with Gasteiger partial charge < -0.3 is 24.6 Å². The normalized spacial score (nSPS) is 20.4. The predicted molar refractivity (Wildman–Crippen MR) is 102 cm³/mol. The highest BCUT2D eigenvalue weighted by Crippen LogP contribution is 2.26. The van der Waals surface area contributed by atoms with Crippen molar-refractivity contribution < 1.29 is 19.1 Å². The van der Waals surface area contributed by atoms with Crippen LogP contribution >= 0.6 is 0 Å². The van der Waals surface area contributed by atoms with E-state index in [1.807, 2.05) is 16.8 Å². The Bertz CT molecular complexity index is 658. The van der Waals surface area contributed by atoms with Crippen LogP contribution in [0.1, 0.15) is 29.6 Å². The number of amides is 2. The third-order valence-corrected chi connectivity index (χ3v) is 5.66. The molecule has 7 nitrogen and oxygen atoms in total. The van der Waals surface area contributed by atoms with E-state index in [-0.39, 0.29) is 17.7 Å². The molecular weight excluding hydrogens is 346 g/mol. The lowest BCUT2D eigenvalue weighted by molar-refractivity contribution is -0.137. The van der Waals surface area contributed by atoms with Crippen LogP contribution in [0, 0.1) is 5.92 Å². The van der Waals surface area contributed by atoms with Crippen LogP contribution in [-0.2, 0) is 4.79 Å². The minimum absolute atomic E-state index is 0.000467. The molecule has 1 aromatic rings. The maximum Gasteiger partial charge on any atom is 0.254 e. The molecule has 0 aromatic heterocycles. The first-order chi connectivity index (χ1) is 13.0. The van der Waals surface area contributed by atoms with Crippen molar-refractivity contribution in [2.75, 3.05) is 47.4 Å². The Hall–Kier alpha value is -2.28. The van der Waals surface area contributed by atoms with Crippen molar-refractivity contribution in [3.05, 3.63) is 23.8 Å². The Morgan fingerprint density at radius 2 is 1.70 bits per heavy atom. The summed E-state index contributed by atoms with van der Waals surface area (Å²) in [5.41, 5.74) is 0.546. The standard InChI is InChI=1S/C20H29N3O4/c1-22(16-4-7-21-13-16)19(24)14-5-8-23(9-6-14)20(25)15-10-17(26-2)12-18(11-15)27-3/h10-12,14,16,21H,4-9,13H2,1-3H3. The fourth-order valence-electron chi connectivity index (χ4n) is 3.88. The molecule has 2 aliphatic rings. The highest BCUT2D eigenvalue weighted by molar-refractivity contribution is 5.95. The maximum absolute atomic E-state index is 12.9. The Morgan fingerprint density at radius 3 is 2.22 bits per heavy atom. The molecule has 7 heteroatoms. The summed E-state index contributed by atoms with van der Waals surface area (Å²) in [5.74, 6) is 1.34. The van der Waals surface area contributed by atoms with Gasteiger partial charge in [-0.3, -0.25) is 9.59 Å². The van der Waals surface area contributed by atoms with E-state index in [2.05, 4.69) is 5.32 Å². The average Bonchev–Trinajstić information content (AvgIpc) is 3.26. The zero-order valence-corrected chi connectivity index (χ0v) is 16.4. The van der Waals surface area contributed by atoms with Gasteiger partial charge in [-0.2, -0.15) is 0 Å². The predicted octanol–water partition coefficient (Wildman–Crippen LogP) is 1.38. The van der Waals surface area contributed by atoms with Crippen LogP contribution in [0.5, 0.6) is 11.5 Å². The minimum Gasteiger partial charge on any atom is -0.497 e. The van der Waals surface area contributed by atoms with Crippen molar-refractivity contribution in [1.29, 1.82) is 0 Å². The Morgan fingerprint density at radius 1 is 1.07 bits per heavy atom. The van der Waals surface area contributed by atoms with E-state index < -0.39 is 0 Å². The minimum atomic E-state index is -0.0496. The fourth-order valence-corrected chi connectivity index (χ4v) is 3.88. The zero-order chi connectivity index (χ0) is 19.4. The molecule has 2 fully saturated rings. The third-order valence-electron chi connectivity index (χ3n) is 5.66. The molecule has 148 valence electrons. The van der Waals surface area contributed by atoms with E-state index in [9.17, 15) is 9.59 Å². The van der Waals surface area contributed by atoms with Crippen molar-refractivity contribution in [2.45, 2.75) is 25.3 Å². The van der Waals surface area contributed by atoms with Crippen LogP contribution < -0.4 is 14.8 Å². The van der Waals surface area contributed by atoms with E-state index in [0.29, 0.717) is 49.0 Å². The number of piperidine rings is 1. The molecule has 0 saturated carbocycles. The van der Waals surface area contributed by atoms with Crippen molar-refractivity contribution >= 4 is 11.8 Å². The molecular formula is C20H29N3O4. The van der Waals surface area contributed by atoms with Crippen molar-refractivity contribution in [1.82, 2.24) is 15.1 Å². The van der Waals surface area contributed by atoms with Crippen LogP contribution in [0.2, 0.25) is 0 Å². The first-order valence-electron chi connectivity index (χ1n) is 9.53. The van der Waals surface area contributed by atoms with Gasteiger partial charge in [0.1, 0.15) is 11.5 Å². The Kier molecular flexibility index (Phi) is 6.21. The molecule has 0 aliphatic carbocycles. The molecule has 2 saturated heterocycles. The van der Waals surface area contributed by atoms with Crippen molar-refractivity contribution in [2.24, 2.45) is 5.92 Å². The number of rotatable bonds is 5. The summed E-state index contributed by atoms with van der Waals surface area (Å²) < 4.78 is 10.5. The molecule has 0 bridgehead atoms. The van der Waals surface area contributed by atoms with E-state index >= 15 is 0 Å². The number of nitrogens with one attached hydrogen (secondary N) is 1. The number of benzene rings is 1. The van der Waals surface area contributed by atoms with Crippen LogP contribution in [-0.4, -0.2) is 75.1 Å². The van der Waals surface area contributed by atoms with Gasteiger partial charge in [-0.1, -0.05) is 0 Å². The quantitative estimate of drug-likeness (QED) is 0.842. The molecule has 1 N–H and O–H groups in total. The van der Waals surface area contributed by atoms with E-state index in [1.54, 1.807) is 32.4 Å². The van der Waals surface area contributed by atoms with Gasteiger partial charge in [0.15, 0.2) is 0 Å². The first-order valence-corrected chi connectivity index (χ1v) is 9.53. The summed E-state index contributed by atoms with van der Waals surface area (Å²) >= 11 is 0. The van der Waals surface area contributed by atoms with Crippen molar-refractivity contribution in [3.8, 4) is 11.5 Å². The van der Waals surface area contributed by atoms with Gasteiger partial charge >= 0.3 is 0 Å². The van der Waals surface area contributed by atoms with E-state index in [0.717, 1.165) is 19.5 Å². The van der Waals surface area contributed by atoms with Gasteiger partial charge in [-0.25, -0.2) is 0 Å². The van der Waals surface area contributed by atoms with E-state index in [4.69, 9.17) is 9.47 Å². The van der Waals surface area contributed by atoms with Gasteiger partial charge in [-0.05, 0) is 37.9 Å². The monoisotopic (exact) mass is 375 g/mol. The van der Waals surface area contributed by atoms with Gasteiger partial charge in [0.2, 0.25) is 5.91 Å². The molecule has 2 amide bonds. The number of methoxy groups -OCH3 is 2. The first kappa shape index (κ1) is 19.5. The summed E-state index contributed by atoms with van der Waals surface area (Å²) in [6.07, 6.45) is 2.42. The van der Waals surface area contributed by atoms with Gasteiger partial charge in [0.25, 0.3) is 5.91 Å². The van der Waals surface area contributed by atoms with Gasteiger partial charge in [-0.15, -0.1) is 0 Å². The molecule has 0 radical (unpaired) electrons. The summed E-state index contributed by atoms with van der Waals surface area (Å²) in [7, 11) is 5.03. The summed E-state index contributed by atoms with van der Waals surface area (Å²) in [6.45, 7) is 3.02.